The maximum atomic E-state index is 11.2. The first-order chi connectivity index (χ1) is 8.20. The Morgan fingerprint density at radius 2 is 2.24 bits per heavy atom. The third-order valence-electron chi connectivity index (χ3n) is 3.36. The van der Waals surface area contributed by atoms with Crippen LogP contribution in [0.25, 0.3) is 0 Å². The van der Waals surface area contributed by atoms with Crippen LogP contribution in [0.3, 0.4) is 0 Å². The predicted molar refractivity (Wildman–Crippen MR) is 68.0 cm³/mol. The van der Waals surface area contributed by atoms with Gasteiger partial charge in [-0.1, -0.05) is 6.42 Å². The zero-order valence-corrected chi connectivity index (χ0v) is 10.6. The molecule has 2 heterocycles. The van der Waals surface area contributed by atoms with Gasteiger partial charge in [-0.2, -0.15) is 11.8 Å². The summed E-state index contributed by atoms with van der Waals surface area (Å²) in [7, 11) is 0. The molecular formula is C11H19N3O2S. The molecule has 0 aliphatic carbocycles. The van der Waals surface area contributed by atoms with Crippen LogP contribution >= 0.6 is 11.8 Å². The lowest BCUT2D eigenvalue weighted by atomic mass is 10.0. The van der Waals surface area contributed by atoms with Gasteiger partial charge in [0.2, 0.25) is 0 Å². The number of urea groups is 1. The number of nitrogens with one attached hydrogen (secondary N) is 2. The van der Waals surface area contributed by atoms with E-state index in [1.165, 1.54) is 0 Å². The fourth-order valence-corrected chi connectivity index (χ4v) is 3.96. The normalized spacial score (nSPS) is 30.9. The lowest BCUT2D eigenvalue weighted by Gasteiger charge is -2.16. The minimum atomic E-state index is -0.0383. The quantitative estimate of drug-likeness (QED) is 0.470. The summed E-state index contributed by atoms with van der Waals surface area (Å²) >= 11 is 1.91. The minimum absolute atomic E-state index is 0.0383. The molecule has 3 atom stereocenters. The molecule has 2 aliphatic heterocycles. The molecule has 6 heteroatoms. The summed E-state index contributed by atoms with van der Waals surface area (Å²) in [5.74, 6) is 1.13. The maximum Gasteiger partial charge on any atom is 0.315 e. The molecule has 2 fully saturated rings. The van der Waals surface area contributed by atoms with E-state index >= 15 is 0 Å². The number of hydrogen-bond donors (Lipinski definition) is 3. The number of unbranched alkanes of at least 4 members (excludes halogenated alkanes) is 1. The molecule has 0 bridgehead atoms. The van der Waals surface area contributed by atoms with E-state index in [2.05, 4.69) is 10.6 Å². The van der Waals surface area contributed by atoms with Crippen LogP contribution in [0.2, 0.25) is 0 Å². The summed E-state index contributed by atoms with van der Waals surface area (Å²) in [6, 6.07) is 0.532. The van der Waals surface area contributed by atoms with E-state index in [1.54, 1.807) is 0 Å². The highest BCUT2D eigenvalue weighted by Crippen LogP contribution is 2.33. The zero-order chi connectivity index (χ0) is 12.3. The van der Waals surface area contributed by atoms with Crippen molar-refractivity contribution in [3.63, 3.8) is 0 Å². The SMILES string of the molecule is NCC(=O)CCCCC1SCC2NC(=O)NC21. The molecule has 4 N–H and O–H groups in total. The summed E-state index contributed by atoms with van der Waals surface area (Å²) < 4.78 is 0. The van der Waals surface area contributed by atoms with E-state index in [0.717, 1.165) is 25.0 Å². The van der Waals surface area contributed by atoms with Crippen molar-refractivity contribution in [1.29, 1.82) is 0 Å². The molecule has 0 spiro atoms. The molecule has 3 unspecified atom stereocenters. The molecule has 2 aliphatic rings. The van der Waals surface area contributed by atoms with Gasteiger partial charge in [-0.3, -0.25) is 4.79 Å². The highest BCUT2D eigenvalue weighted by Gasteiger charge is 2.42. The largest absolute Gasteiger partial charge is 0.332 e. The van der Waals surface area contributed by atoms with Gasteiger partial charge in [0.15, 0.2) is 0 Å². The highest BCUT2D eigenvalue weighted by atomic mass is 32.2. The average molecular weight is 257 g/mol. The third kappa shape index (κ3) is 3.13. The Morgan fingerprint density at radius 3 is 3.00 bits per heavy atom. The molecule has 0 aromatic heterocycles. The Balaban J connectivity index is 1.66. The minimum Gasteiger partial charge on any atom is -0.332 e. The molecule has 17 heavy (non-hydrogen) atoms. The summed E-state index contributed by atoms with van der Waals surface area (Å²) in [4.78, 5) is 22.2. The summed E-state index contributed by atoms with van der Waals surface area (Å²) in [5.41, 5.74) is 5.25. The standard InChI is InChI=1S/C11H19N3O2S/c12-5-7(15)3-1-2-4-9-10-8(6-17-9)13-11(16)14-10/h8-10H,1-6,12H2,(H2,13,14,16). The predicted octanol–water partition coefficient (Wildman–Crippen LogP) is 0.240. The van der Waals surface area contributed by atoms with E-state index in [-0.39, 0.29) is 24.4 Å². The molecule has 0 aromatic carbocycles. The first-order valence-electron chi connectivity index (χ1n) is 6.11. The number of fused-ring (bicyclic) bond motifs is 1. The van der Waals surface area contributed by atoms with E-state index in [4.69, 9.17) is 5.73 Å². The van der Waals surface area contributed by atoms with Crippen molar-refractivity contribution >= 4 is 23.6 Å². The number of amides is 2. The van der Waals surface area contributed by atoms with Crippen LogP contribution in [0.4, 0.5) is 4.79 Å². The molecule has 5 nitrogen and oxygen atoms in total. The van der Waals surface area contributed by atoms with Gasteiger partial charge in [0.25, 0.3) is 0 Å². The van der Waals surface area contributed by atoms with Crippen molar-refractivity contribution in [2.24, 2.45) is 5.73 Å². The zero-order valence-electron chi connectivity index (χ0n) is 9.78. The van der Waals surface area contributed by atoms with Gasteiger partial charge in [0.1, 0.15) is 5.78 Å². The summed E-state index contributed by atoms with van der Waals surface area (Å²) in [6.07, 6.45) is 3.59. The third-order valence-corrected chi connectivity index (χ3v) is 4.87. The first-order valence-corrected chi connectivity index (χ1v) is 7.16. The monoisotopic (exact) mass is 257 g/mol. The second-order valence-electron chi connectivity index (χ2n) is 4.61. The van der Waals surface area contributed by atoms with Gasteiger partial charge < -0.3 is 16.4 Å². The van der Waals surface area contributed by atoms with Crippen LogP contribution in [0, 0.1) is 0 Å². The molecule has 2 amide bonds. The van der Waals surface area contributed by atoms with Crippen molar-refractivity contribution in [3.05, 3.63) is 0 Å². The number of Topliss-reactive ketones (excluding diaryl/α,β-unsaturated/α-hetero) is 1. The van der Waals surface area contributed by atoms with Crippen LogP contribution in [-0.2, 0) is 4.79 Å². The van der Waals surface area contributed by atoms with Crippen LogP contribution in [0.1, 0.15) is 25.7 Å². The number of rotatable bonds is 6. The molecule has 96 valence electrons. The van der Waals surface area contributed by atoms with Crippen molar-refractivity contribution in [1.82, 2.24) is 10.6 Å². The van der Waals surface area contributed by atoms with Gasteiger partial charge in [0, 0.05) is 17.4 Å². The van der Waals surface area contributed by atoms with Gasteiger partial charge in [0.05, 0.1) is 18.6 Å². The number of carbonyl (C=O) groups is 2. The second kappa shape index (κ2) is 5.73. The smallest absolute Gasteiger partial charge is 0.315 e. The van der Waals surface area contributed by atoms with Gasteiger partial charge >= 0.3 is 6.03 Å². The lowest BCUT2D eigenvalue weighted by molar-refractivity contribution is -0.117. The van der Waals surface area contributed by atoms with Gasteiger partial charge in [-0.15, -0.1) is 0 Å². The Morgan fingerprint density at radius 1 is 1.41 bits per heavy atom. The van der Waals surface area contributed by atoms with Crippen molar-refractivity contribution in [3.8, 4) is 0 Å². The van der Waals surface area contributed by atoms with Crippen molar-refractivity contribution in [2.75, 3.05) is 12.3 Å². The van der Waals surface area contributed by atoms with E-state index in [0.29, 0.717) is 17.7 Å². The van der Waals surface area contributed by atoms with Gasteiger partial charge in [-0.25, -0.2) is 4.79 Å². The number of thioether (sulfide) groups is 1. The Hall–Kier alpha value is -0.750. The topological polar surface area (TPSA) is 84.2 Å². The average Bonchev–Trinajstić information content (AvgIpc) is 2.84. The fraction of sp³-hybridized carbons (Fsp3) is 0.818. The van der Waals surface area contributed by atoms with Crippen LogP contribution in [-0.4, -0.2) is 41.4 Å². The van der Waals surface area contributed by atoms with E-state index < -0.39 is 0 Å². The van der Waals surface area contributed by atoms with Crippen molar-refractivity contribution in [2.45, 2.75) is 43.0 Å². The fourth-order valence-electron chi connectivity index (χ4n) is 2.41. The number of ketones is 1. The van der Waals surface area contributed by atoms with E-state index in [1.807, 2.05) is 11.8 Å². The summed E-state index contributed by atoms with van der Waals surface area (Å²) in [6.45, 7) is 0.156. The number of hydrogen-bond acceptors (Lipinski definition) is 4. The Bertz CT molecular complexity index is 311. The highest BCUT2D eigenvalue weighted by molar-refractivity contribution is 8.00. The Kier molecular flexibility index (Phi) is 4.28. The molecule has 0 aromatic rings. The first kappa shape index (κ1) is 12.7. The van der Waals surface area contributed by atoms with E-state index in [9.17, 15) is 9.59 Å². The van der Waals surface area contributed by atoms with Crippen LogP contribution in [0.5, 0.6) is 0 Å². The molecule has 0 saturated carbocycles. The maximum absolute atomic E-state index is 11.2. The van der Waals surface area contributed by atoms with Crippen molar-refractivity contribution < 1.29 is 9.59 Å². The lowest BCUT2D eigenvalue weighted by Crippen LogP contribution is -2.36. The number of nitrogens with two attached hydrogens (primary N) is 1. The number of carbonyl (C=O) groups excluding carboxylic acids is 2. The molecule has 2 saturated heterocycles. The second-order valence-corrected chi connectivity index (χ2v) is 5.88. The summed E-state index contributed by atoms with van der Waals surface area (Å²) in [5, 5.41) is 6.38. The van der Waals surface area contributed by atoms with Crippen LogP contribution in [0.15, 0.2) is 0 Å². The molecular weight excluding hydrogens is 238 g/mol. The molecule has 2 rings (SSSR count). The Labute approximate surface area is 105 Å². The van der Waals surface area contributed by atoms with Crippen LogP contribution < -0.4 is 16.4 Å². The van der Waals surface area contributed by atoms with Gasteiger partial charge in [-0.05, 0) is 12.8 Å². The molecule has 0 radical (unpaired) electrons.